The second kappa shape index (κ2) is 6.92. The van der Waals surface area contributed by atoms with Gasteiger partial charge in [0.1, 0.15) is 24.2 Å². The zero-order valence-electron chi connectivity index (χ0n) is 13.9. The van der Waals surface area contributed by atoms with Crippen molar-refractivity contribution in [3.05, 3.63) is 66.1 Å². The molecule has 1 atom stereocenters. The number of ether oxygens (including phenoxy) is 2. The van der Waals surface area contributed by atoms with Gasteiger partial charge in [-0.1, -0.05) is 30.3 Å². The smallest absolute Gasteiger partial charge is 0.328 e. The largest absolute Gasteiger partial charge is 0.486 e. The summed E-state index contributed by atoms with van der Waals surface area (Å²) in [4.78, 5) is 23.5. The summed E-state index contributed by atoms with van der Waals surface area (Å²) in [5.74, 6) is 0.537. The van der Waals surface area contributed by atoms with Crippen molar-refractivity contribution in [3.8, 4) is 5.75 Å². The molecule has 0 bridgehead atoms. The lowest BCUT2D eigenvalue weighted by Crippen LogP contribution is -2.37. The van der Waals surface area contributed by atoms with Crippen molar-refractivity contribution in [1.82, 2.24) is 5.32 Å². The molecule has 1 aliphatic heterocycles. The summed E-state index contributed by atoms with van der Waals surface area (Å²) in [5, 5.41) is 4.84. The Hall–Kier alpha value is -3.28. The van der Waals surface area contributed by atoms with Gasteiger partial charge >= 0.3 is 5.97 Å². The molecule has 6 nitrogen and oxygen atoms in total. The highest BCUT2D eigenvalue weighted by molar-refractivity contribution is 5.94. The average molecular weight is 351 g/mol. The van der Waals surface area contributed by atoms with Crippen molar-refractivity contribution >= 4 is 22.6 Å². The summed E-state index contributed by atoms with van der Waals surface area (Å²) < 4.78 is 16.1. The first-order chi connectivity index (χ1) is 12.7. The first-order valence-electron chi connectivity index (χ1n) is 8.37. The Morgan fingerprint density at radius 3 is 2.77 bits per heavy atom. The number of nitrogens with one attached hydrogen (secondary N) is 1. The number of benzene rings is 2. The van der Waals surface area contributed by atoms with E-state index in [0.29, 0.717) is 18.8 Å². The van der Waals surface area contributed by atoms with E-state index in [1.165, 1.54) is 0 Å². The maximum Gasteiger partial charge on any atom is 0.328 e. The topological polar surface area (TPSA) is 77.8 Å². The van der Waals surface area contributed by atoms with Crippen molar-refractivity contribution in [1.29, 1.82) is 0 Å². The fourth-order valence-corrected chi connectivity index (χ4v) is 2.85. The van der Waals surface area contributed by atoms with E-state index in [-0.39, 0.29) is 12.4 Å². The molecular formula is C20H17NO5. The van der Waals surface area contributed by atoms with E-state index in [1.54, 1.807) is 12.1 Å². The Balaban J connectivity index is 1.38. The summed E-state index contributed by atoms with van der Waals surface area (Å²) in [7, 11) is 0. The van der Waals surface area contributed by atoms with Crippen LogP contribution in [0.5, 0.6) is 5.75 Å². The van der Waals surface area contributed by atoms with Crippen LogP contribution in [-0.2, 0) is 16.1 Å². The molecule has 1 fully saturated rings. The van der Waals surface area contributed by atoms with Gasteiger partial charge in [0.15, 0.2) is 5.76 Å². The highest BCUT2D eigenvalue weighted by Gasteiger charge is 2.29. The van der Waals surface area contributed by atoms with Crippen LogP contribution in [0.3, 0.4) is 0 Å². The SMILES string of the molecule is O=C(N[C@H]1CCOC1=O)c1ccc(COc2ccc3ccccc3c2)o1. The first kappa shape index (κ1) is 16.2. The fraction of sp³-hybridized carbons (Fsp3) is 0.200. The van der Waals surface area contributed by atoms with Crippen molar-refractivity contribution < 1.29 is 23.5 Å². The summed E-state index contributed by atoms with van der Waals surface area (Å²) in [6.45, 7) is 0.532. The third-order valence-electron chi connectivity index (χ3n) is 4.23. The third-order valence-corrected chi connectivity index (χ3v) is 4.23. The standard InChI is InChI=1S/C20H17NO5/c22-19(21-17-9-10-24-20(17)23)18-8-7-16(26-18)12-25-15-6-5-13-3-1-2-4-14(13)11-15/h1-8,11,17H,9-10,12H2,(H,21,22)/t17-/m0/s1. The maximum atomic E-state index is 12.1. The van der Waals surface area contributed by atoms with Gasteiger partial charge in [-0.05, 0) is 35.0 Å². The van der Waals surface area contributed by atoms with Crippen LogP contribution in [-0.4, -0.2) is 24.5 Å². The molecule has 2 aromatic carbocycles. The van der Waals surface area contributed by atoms with Crippen LogP contribution < -0.4 is 10.1 Å². The van der Waals surface area contributed by atoms with Crippen molar-refractivity contribution in [2.45, 2.75) is 19.1 Å². The Morgan fingerprint density at radius 1 is 1.12 bits per heavy atom. The minimum absolute atomic E-state index is 0.141. The van der Waals surface area contributed by atoms with Gasteiger partial charge in [0.25, 0.3) is 5.91 Å². The predicted molar refractivity (Wildman–Crippen MR) is 93.8 cm³/mol. The minimum atomic E-state index is -0.607. The molecule has 0 saturated carbocycles. The number of fused-ring (bicyclic) bond motifs is 1. The van der Waals surface area contributed by atoms with E-state index in [0.717, 1.165) is 16.5 Å². The highest BCUT2D eigenvalue weighted by Crippen LogP contribution is 2.22. The molecule has 0 spiro atoms. The van der Waals surface area contributed by atoms with Crippen LogP contribution >= 0.6 is 0 Å². The molecule has 1 N–H and O–H groups in total. The normalized spacial score (nSPS) is 16.5. The van der Waals surface area contributed by atoms with Crippen molar-refractivity contribution in [3.63, 3.8) is 0 Å². The maximum absolute atomic E-state index is 12.1. The van der Waals surface area contributed by atoms with E-state index in [2.05, 4.69) is 5.32 Å². The molecule has 1 amide bonds. The lowest BCUT2D eigenvalue weighted by molar-refractivity contribution is -0.139. The molecule has 1 aromatic heterocycles. The van der Waals surface area contributed by atoms with Gasteiger partial charge in [-0.25, -0.2) is 4.79 Å². The van der Waals surface area contributed by atoms with Gasteiger partial charge in [0.2, 0.25) is 0 Å². The summed E-state index contributed by atoms with van der Waals surface area (Å²) in [6, 6.07) is 16.5. The van der Waals surface area contributed by atoms with Gasteiger partial charge in [-0.2, -0.15) is 0 Å². The van der Waals surface area contributed by atoms with Crippen LogP contribution in [0, 0.1) is 0 Å². The Bertz CT molecular complexity index is 961. The monoisotopic (exact) mass is 351 g/mol. The average Bonchev–Trinajstić information content (AvgIpc) is 3.29. The Morgan fingerprint density at radius 2 is 1.96 bits per heavy atom. The number of hydrogen-bond acceptors (Lipinski definition) is 5. The number of cyclic esters (lactones) is 1. The third kappa shape index (κ3) is 3.39. The van der Waals surface area contributed by atoms with Gasteiger partial charge in [-0.3, -0.25) is 4.79 Å². The molecule has 0 radical (unpaired) electrons. The van der Waals surface area contributed by atoms with Crippen molar-refractivity contribution in [2.24, 2.45) is 0 Å². The van der Waals surface area contributed by atoms with Gasteiger partial charge in [-0.15, -0.1) is 0 Å². The lowest BCUT2D eigenvalue weighted by atomic mass is 10.1. The molecule has 0 aliphatic carbocycles. The minimum Gasteiger partial charge on any atom is -0.486 e. The number of carbonyl (C=O) groups excluding carboxylic acids is 2. The molecule has 0 unspecified atom stereocenters. The number of carbonyl (C=O) groups is 2. The number of hydrogen-bond donors (Lipinski definition) is 1. The van der Waals surface area contributed by atoms with E-state index in [4.69, 9.17) is 13.9 Å². The van der Waals surface area contributed by atoms with E-state index < -0.39 is 17.9 Å². The number of rotatable bonds is 5. The van der Waals surface area contributed by atoms with Gasteiger partial charge < -0.3 is 19.2 Å². The van der Waals surface area contributed by atoms with Crippen LogP contribution in [0.2, 0.25) is 0 Å². The molecule has 4 rings (SSSR count). The van der Waals surface area contributed by atoms with Crippen LogP contribution in [0.1, 0.15) is 22.7 Å². The zero-order chi connectivity index (χ0) is 17.9. The van der Waals surface area contributed by atoms with E-state index in [9.17, 15) is 9.59 Å². The van der Waals surface area contributed by atoms with Crippen molar-refractivity contribution in [2.75, 3.05) is 6.61 Å². The Kier molecular flexibility index (Phi) is 4.31. The molecule has 132 valence electrons. The van der Waals surface area contributed by atoms with Crippen LogP contribution in [0.4, 0.5) is 0 Å². The molecule has 3 aromatic rings. The quantitative estimate of drug-likeness (QED) is 0.715. The predicted octanol–water partition coefficient (Wildman–Crippen LogP) is 3.06. The summed E-state index contributed by atoms with van der Waals surface area (Å²) in [5.41, 5.74) is 0. The molecular weight excluding hydrogens is 334 g/mol. The van der Waals surface area contributed by atoms with Crippen LogP contribution in [0.15, 0.2) is 59.0 Å². The van der Waals surface area contributed by atoms with Gasteiger partial charge in [0.05, 0.1) is 6.61 Å². The van der Waals surface area contributed by atoms with E-state index in [1.807, 2.05) is 42.5 Å². The second-order valence-corrected chi connectivity index (χ2v) is 6.05. The summed E-state index contributed by atoms with van der Waals surface area (Å²) in [6.07, 6.45) is 0.475. The molecule has 1 aliphatic rings. The Labute approximate surface area is 149 Å². The molecule has 2 heterocycles. The summed E-state index contributed by atoms with van der Waals surface area (Å²) >= 11 is 0. The number of furan rings is 1. The molecule has 1 saturated heterocycles. The number of esters is 1. The molecule has 26 heavy (non-hydrogen) atoms. The zero-order valence-corrected chi connectivity index (χ0v) is 13.9. The lowest BCUT2D eigenvalue weighted by Gasteiger charge is -2.07. The first-order valence-corrected chi connectivity index (χ1v) is 8.37. The number of amides is 1. The van der Waals surface area contributed by atoms with E-state index >= 15 is 0 Å². The van der Waals surface area contributed by atoms with Crippen LogP contribution in [0.25, 0.3) is 10.8 Å². The second-order valence-electron chi connectivity index (χ2n) is 6.05. The highest BCUT2D eigenvalue weighted by atomic mass is 16.5. The fourth-order valence-electron chi connectivity index (χ4n) is 2.85. The van der Waals surface area contributed by atoms with Gasteiger partial charge in [0, 0.05) is 6.42 Å². The molecule has 6 heteroatoms.